The SMILES string of the molecule is N#Cc1cc(-c2ccccc2)c(-n2c3ccccc3c3c(-c4ccc5c6ccccc6n(-c6ccccc6)c5c4)cccc32)c(-c2ccccc2)c1. The third-order valence-corrected chi connectivity index (χ3v) is 10.3. The summed E-state index contributed by atoms with van der Waals surface area (Å²) in [5.74, 6) is 0. The summed E-state index contributed by atoms with van der Waals surface area (Å²) in [6, 6.07) is 69.0. The van der Waals surface area contributed by atoms with Crippen LogP contribution >= 0.6 is 0 Å². The molecule has 0 aliphatic heterocycles. The van der Waals surface area contributed by atoms with Crippen molar-refractivity contribution in [3.05, 3.63) is 194 Å². The topological polar surface area (TPSA) is 33.6 Å². The summed E-state index contributed by atoms with van der Waals surface area (Å²) in [5.41, 5.74) is 13.9. The maximum atomic E-state index is 10.3. The Morgan fingerprint density at radius 2 is 0.904 bits per heavy atom. The van der Waals surface area contributed by atoms with Crippen LogP contribution < -0.4 is 0 Å². The smallest absolute Gasteiger partial charge is 0.0992 e. The third kappa shape index (κ3) is 4.59. The van der Waals surface area contributed by atoms with Crippen LogP contribution in [0.3, 0.4) is 0 Å². The van der Waals surface area contributed by atoms with Crippen LogP contribution in [-0.4, -0.2) is 9.13 Å². The van der Waals surface area contributed by atoms with Gasteiger partial charge in [-0.3, -0.25) is 0 Å². The van der Waals surface area contributed by atoms with Crippen molar-refractivity contribution in [2.75, 3.05) is 0 Å². The second-order valence-electron chi connectivity index (χ2n) is 13.2. The van der Waals surface area contributed by atoms with Crippen molar-refractivity contribution < 1.29 is 0 Å². The minimum absolute atomic E-state index is 0.630. The van der Waals surface area contributed by atoms with E-state index in [1.54, 1.807) is 0 Å². The van der Waals surface area contributed by atoms with Crippen molar-refractivity contribution in [2.24, 2.45) is 0 Å². The molecule has 52 heavy (non-hydrogen) atoms. The van der Waals surface area contributed by atoms with Gasteiger partial charge in [0.15, 0.2) is 0 Å². The van der Waals surface area contributed by atoms with Gasteiger partial charge >= 0.3 is 0 Å². The summed E-state index contributed by atoms with van der Waals surface area (Å²) in [6.45, 7) is 0. The number of nitriles is 1. The molecule has 0 radical (unpaired) electrons. The maximum absolute atomic E-state index is 10.3. The average Bonchev–Trinajstić information content (AvgIpc) is 3.74. The predicted molar refractivity (Wildman–Crippen MR) is 216 cm³/mol. The number of benzene rings is 8. The molecule has 0 bridgehead atoms. The Labute approximate surface area is 301 Å². The van der Waals surface area contributed by atoms with Crippen LogP contribution in [-0.2, 0) is 0 Å². The molecule has 2 aromatic heterocycles. The minimum Gasteiger partial charge on any atom is -0.309 e. The molecule has 10 rings (SSSR count). The summed E-state index contributed by atoms with van der Waals surface area (Å²) in [4.78, 5) is 0. The third-order valence-electron chi connectivity index (χ3n) is 10.3. The molecule has 0 saturated carbocycles. The summed E-state index contributed by atoms with van der Waals surface area (Å²) in [6.07, 6.45) is 0. The average molecular weight is 662 g/mol. The molecule has 10 aromatic rings. The van der Waals surface area contributed by atoms with Crippen molar-refractivity contribution in [1.82, 2.24) is 9.13 Å². The van der Waals surface area contributed by atoms with Crippen LogP contribution in [0.2, 0.25) is 0 Å². The molecule has 0 fully saturated rings. The molecule has 0 unspecified atom stereocenters. The second kappa shape index (κ2) is 12.0. The number of aromatic nitrogens is 2. The van der Waals surface area contributed by atoms with E-state index in [-0.39, 0.29) is 0 Å². The lowest BCUT2D eigenvalue weighted by Gasteiger charge is -2.20. The normalized spacial score (nSPS) is 11.4. The zero-order valence-electron chi connectivity index (χ0n) is 28.2. The minimum atomic E-state index is 0.630. The predicted octanol–water partition coefficient (Wildman–Crippen LogP) is 12.8. The standard InChI is InChI=1S/C49H31N3/c50-32-33-29-42(34-15-4-1-5-16-34)49(43(30-33)35-17-6-2-7-18-35)52-45-25-13-11-22-41(45)48-38(23-14-26-46(48)52)36-27-28-40-39-21-10-12-24-44(39)51(47(40)31-36)37-19-8-3-9-20-37/h1-31H. The molecule has 3 heteroatoms. The zero-order chi connectivity index (χ0) is 34.6. The van der Waals surface area contributed by atoms with Gasteiger partial charge in [0.2, 0.25) is 0 Å². The molecule has 3 nitrogen and oxygen atoms in total. The van der Waals surface area contributed by atoms with Crippen molar-refractivity contribution >= 4 is 43.6 Å². The van der Waals surface area contributed by atoms with E-state index in [4.69, 9.17) is 0 Å². The van der Waals surface area contributed by atoms with Crippen LogP contribution in [0.5, 0.6) is 0 Å². The molecule has 0 aliphatic rings. The van der Waals surface area contributed by atoms with Crippen LogP contribution in [0.4, 0.5) is 0 Å². The summed E-state index contributed by atoms with van der Waals surface area (Å²) in [5, 5.41) is 15.1. The first kappa shape index (κ1) is 29.7. The molecule has 242 valence electrons. The fourth-order valence-electron chi connectivity index (χ4n) is 8.11. The van der Waals surface area contributed by atoms with E-state index in [1.165, 1.54) is 38.1 Å². The Bertz CT molecular complexity index is 2940. The molecular weight excluding hydrogens is 631 g/mol. The quantitative estimate of drug-likeness (QED) is 0.181. The molecule has 0 saturated heterocycles. The molecule has 2 heterocycles. The Balaban J connectivity index is 1.31. The highest BCUT2D eigenvalue weighted by molar-refractivity contribution is 6.18. The van der Waals surface area contributed by atoms with Gasteiger partial charge in [-0.1, -0.05) is 140 Å². The zero-order valence-corrected chi connectivity index (χ0v) is 28.2. The van der Waals surface area contributed by atoms with E-state index < -0.39 is 0 Å². The van der Waals surface area contributed by atoms with E-state index in [9.17, 15) is 5.26 Å². The monoisotopic (exact) mass is 661 g/mol. The van der Waals surface area contributed by atoms with Crippen LogP contribution in [0.15, 0.2) is 188 Å². The molecule has 0 atom stereocenters. The fourth-order valence-corrected chi connectivity index (χ4v) is 8.11. The number of fused-ring (bicyclic) bond motifs is 6. The molecule has 0 spiro atoms. The largest absolute Gasteiger partial charge is 0.309 e. The van der Waals surface area contributed by atoms with E-state index in [0.29, 0.717) is 5.56 Å². The van der Waals surface area contributed by atoms with E-state index >= 15 is 0 Å². The number of hydrogen-bond donors (Lipinski definition) is 0. The Hall–Kier alpha value is -7.15. The van der Waals surface area contributed by atoms with E-state index in [0.717, 1.165) is 50.2 Å². The first-order valence-corrected chi connectivity index (χ1v) is 17.6. The van der Waals surface area contributed by atoms with Crippen LogP contribution in [0.1, 0.15) is 5.56 Å². The highest BCUT2D eigenvalue weighted by Crippen LogP contribution is 2.45. The Kier molecular flexibility index (Phi) is 6.87. The van der Waals surface area contributed by atoms with Crippen molar-refractivity contribution in [3.63, 3.8) is 0 Å². The van der Waals surface area contributed by atoms with Gasteiger partial charge in [0, 0.05) is 38.4 Å². The van der Waals surface area contributed by atoms with Crippen molar-refractivity contribution in [2.45, 2.75) is 0 Å². The summed E-state index contributed by atoms with van der Waals surface area (Å²) >= 11 is 0. The first-order chi connectivity index (χ1) is 25.8. The lowest BCUT2D eigenvalue weighted by atomic mass is 9.93. The number of hydrogen-bond acceptors (Lipinski definition) is 1. The Morgan fingerprint density at radius 3 is 1.56 bits per heavy atom. The summed E-state index contributed by atoms with van der Waals surface area (Å²) < 4.78 is 4.80. The summed E-state index contributed by atoms with van der Waals surface area (Å²) in [7, 11) is 0. The highest BCUT2D eigenvalue weighted by Gasteiger charge is 2.23. The second-order valence-corrected chi connectivity index (χ2v) is 13.2. The van der Waals surface area contributed by atoms with E-state index in [2.05, 4.69) is 179 Å². The number of rotatable bonds is 5. The van der Waals surface area contributed by atoms with E-state index in [1.807, 2.05) is 24.3 Å². The first-order valence-electron chi connectivity index (χ1n) is 17.6. The van der Waals surface area contributed by atoms with Gasteiger partial charge in [-0.15, -0.1) is 0 Å². The van der Waals surface area contributed by atoms with Gasteiger partial charge in [0.25, 0.3) is 0 Å². The molecule has 0 aliphatic carbocycles. The van der Waals surface area contributed by atoms with Gasteiger partial charge in [-0.2, -0.15) is 5.26 Å². The van der Waals surface area contributed by atoms with Gasteiger partial charge in [0.05, 0.1) is 39.4 Å². The van der Waals surface area contributed by atoms with Gasteiger partial charge < -0.3 is 9.13 Å². The van der Waals surface area contributed by atoms with Gasteiger partial charge in [-0.25, -0.2) is 0 Å². The lowest BCUT2D eigenvalue weighted by Crippen LogP contribution is -2.02. The van der Waals surface area contributed by atoms with Crippen molar-refractivity contribution in [3.8, 4) is 50.8 Å². The van der Waals surface area contributed by atoms with Gasteiger partial charge in [0.1, 0.15) is 0 Å². The lowest BCUT2D eigenvalue weighted by molar-refractivity contribution is 1.18. The van der Waals surface area contributed by atoms with Crippen molar-refractivity contribution in [1.29, 1.82) is 5.26 Å². The van der Waals surface area contributed by atoms with Crippen LogP contribution in [0.25, 0.3) is 88.4 Å². The molecular formula is C49H31N3. The van der Waals surface area contributed by atoms with Gasteiger partial charge in [-0.05, 0) is 70.8 Å². The highest BCUT2D eigenvalue weighted by atomic mass is 15.0. The number of para-hydroxylation sites is 3. The van der Waals surface area contributed by atoms with Crippen LogP contribution in [0, 0.1) is 11.3 Å². The molecule has 0 N–H and O–H groups in total. The molecule has 0 amide bonds. The number of nitrogens with zero attached hydrogens (tertiary/aromatic N) is 3. The fraction of sp³-hybridized carbons (Fsp3) is 0. The molecule has 8 aromatic carbocycles. The Morgan fingerprint density at radius 1 is 0.365 bits per heavy atom. The maximum Gasteiger partial charge on any atom is 0.0992 e.